The zero-order valence-electron chi connectivity index (χ0n) is 17.8. The van der Waals surface area contributed by atoms with Crippen LogP contribution in [-0.2, 0) is 9.30 Å². The van der Waals surface area contributed by atoms with Crippen molar-refractivity contribution in [3.05, 3.63) is 72.8 Å². The second kappa shape index (κ2) is 7.80. The van der Waals surface area contributed by atoms with Crippen LogP contribution in [-0.4, -0.2) is 35.1 Å². The first-order valence-corrected chi connectivity index (χ1v) is 12.7. The second-order valence-electron chi connectivity index (χ2n) is 8.58. The Labute approximate surface area is 183 Å². The van der Waals surface area contributed by atoms with E-state index in [0.717, 1.165) is 22.7 Å². The molecule has 0 saturated heterocycles. The monoisotopic (exact) mass is 434 g/mol. The summed E-state index contributed by atoms with van der Waals surface area (Å²) < 4.78 is 20.5. The van der Waals surface area contributed by atoms with Gasteiger partial charge in [0.1, 0.15) is 0 Å². The smallest absolute Gasteiger partial charge is 0.430 e. The lowest BCUT2D eigenvalue weighted by Gasteiger charge is -2.45. The lowest BCUT2D eigenvalue weighted by Crippen LogP contribution is -2.55. The minimum absolute atomic E-state index is 0.0446. The van der Waals surface area contributed by atoms with Crippen LogP contribution in [0.3, 0.4) is 0 Å². The SMILES string of the molecule is CCOC(=O)N1N=C(C)[C@@H](P(=O)(c2ccccc2)c2ccccc2)[C@@H]2C3C=CC(C3)[C@@H]21. The average Bonchev–Trinajstić information content (AvgIpc) is 3.42. The molecule has 31 heavy (non-hydrogen) atoms. The summed E-state index contributed by atoms with van der Waals surface area (Å²) in [7, 11) is -3.07. The molecule has 1 heterocycles. The van der Waals surface area contributed by atoms with Gasteiger partial charge in [-0.25, -0.2) is 4.79 Å². The predicted octanol–water partition coefficient (Wildman–Crippen LogP) is 4.41. The van der Waals surface area contributed by atoms with Gasteiger partial charge in [0, 0.05) is 28.2 Å². The third-order valence-corrected chi connectivity index (χ3v) is 10.6. The van der Waals surface area contributed by atoms with E-state index in [-0.39, 0.29) is 29.5 Å². The summed E-state index contributed by atoms with van der Waals surface area (Å²) in [6, 6.07) is 19.4. The maximum atomic E-state index is 15.2. The fourth-order valence-corrected chi connectivity index (χ4v) is 9.43. The first-order chi connectivity index (χ1) is 15.1. The number of carbonyl (C=O) groups excluding carboxylic acids is 1. The third kappa shape index (κ3) is 3.10. The van der Waals surface area contributed by atoms with Gasteiger partial charge in [0.25, 0.3) is 0 Å². The van der Waals surface area contributed by atoms with Gasteiger partial charge < -0.3 is 9.30 Å². The highest BCUT2D eigenvalue weighted by molar-refractivity contribution is 7.80. The molecule has 0 radical (unpaired) electrons. The van der Waals surface area contributed by atoms with Crippen LogP contribution < -0.4 is 10.6 Å². The van der Waals surface area contributed by atoms with Crippen molar-refractivity contribution < 1.29 is 14.1 Å². The summed E-state index contributed by atoms with van der Waals surface area (Å²) in [6.45, 7) is 4.03. The molecule has 1 amide bonds. The van der Waals surface area contributed by atoms with E-state index < -0.39 is 13.2 Å². The Kier molecular flexibility index (Phi) is 5.10. The Balaban J connectivity index is 1.70. The molecule has 6 heteroatoms. The summed E-state index contributed by atoms with van der Waals surface area (Å²) in [5, 5.41) is 7.95. The highest BCUT2D eigenvalue weighted by atomic mass is 31.2. The number of hydrogen-bond donors (Lipinski definition) is 0. The summed E-state index contributed by atoms with van der Waals surface area (Å²) in [5.41, 5.74) is 0.485. The van der Waals surface area contributed by atoms with E-state index in [0.29, 0.717) is 6.61 Å². The van der Waals surface area contributed by atoms with Gasteiger partial charge in [0.2, 0.25) is 0 Å². The molecule has 5 nitrogen and oxygen atoms in total. The summed E-state index contributed by atoms with van der Waals surface area (Å²) >= 11 is 0. The number of hydrazone groups is 1. The minimum atomic E-state index is -3.07. The highest BCUT2D eigenvalue weighted by Gasteiger charge is 2.59. The number of nitrogens with zero attached hydrogens (tertiary/aromatic N) is 2. The van der Waals surface area contributed by atoms with Gasteiger partial charge in [-0.3, -0.25) is 0 Å². The fourth-order valence-electron chi connectivity index (χ4n) is 5.80. The maximum absolute atomic E-state index is 15.2. The molecule has 1 saturated carbocycles. The van der Waals surface area contributed by atoms with E-state index in [1.165, 1.54) is 5.01 Å². The topological polar surface area (TPSA) is 59.0 Å². The summed E-state index contributed by atoms with van der Waals surface area (Å²) in [4.78, 5) is 12.8. The van der Waals surface area contributed by atoms with Crippen molar-refractivity contribution in [1.29, 1.82) is 0 Å². The standard InChI is InChI=1S/C25H27N2O3P/c1-3-30-25(28)27-23-19-15-14-18(16-19)22(23)24(17(2)26-27)31(29,20-10-6-4-7-11-20)21-12-8-5-9-13-21/h4-15,18-19,22-24H,3,16H2,1-2H3/t18?,19?,22-,23+,24-/m1/s1. The second-order valence-corrected chi connectivity index (χ2v) is 11.5. The number of allylic oxidation sites excluding steroid dienone is 1. The molecule has 2 aliphatic carbocycles. The predicted molar refractivity (Wildman–Crippen MR) is 124 cm³/mol. The van der Waals surface area contributed by atoms with Crippen LogP contribution in [0, 0.1) is 17.8 Å². The molecular formula is C25H27N2O3P. The fraction of sp³-hybridized carbons (Fsp3) is 0.360. The molecule has 5 rings (SSSR count). The average molecular weight is 434 g/mol. The zero-order valence-corrected chi connectivity index (χ0v) is 18.7. The summed E-state index contributed by atoms with van der Waals surface area (Å²) in [6.07, 6.45) is 5.00. The van der Waals surface area contributed by atoms with Crippen LogP contribution in [0.15, 0.2) is 77.9 Å². The Bertz CT molecular complexity index is 1040. The van der Waals surface area contributed by atoms with Crippen LogP contribution in [0.5, 0.6) is 0 Å². The molecular weight excluding hydrogens is 407 g/mol. The van der Waals surface area contributed by atoms with Crippen LogP contribution >= 0.6 is 7.14 Å². The van der Waals surface area contributed by atoms with Crippen LogP contribution in [0.4, 0.5) is 4.79 Å². The lowest BCUT2D eigenvalue weighted by atomic mass is 9.83. The molecule has 0 spiro atoms. The molecule has 2 bridgehead atoms. The molecule has 3 aliphatic rings. The quantitative estimate of drug-likeness (QED) is 0.529. The number of carbonyl (C=O) groups is 1. The van der Waals surface area contributed by atoms with Gasteiger partial charge in [-0.1, -0.05) is 72.8 Å². The van der Waals surface area contributed by atoms with Crippen molar-refractivity contribution in [3.63, 3.8) is 0 Å². The molecule has 2 aromatic carbocycles. The Morgan fingerprint density at radius 1 is 1.03 bits per heavy atom. The maximum Gasteiger partial charge on any atom is 0.430 e. The van der Waals surface area contributed by atoms with Crippen molar-refractivity contribution in [2.24, 2.45) is 22.9 Å². The number of hydrogen-bond acceptors (Lipinski definition) is 4. The molecule has 2 aromatic rings. The van der Waals surface area contributed by atoms with E-state index in [1.54, 1.807) is 6.92 Å². The van der Waals surface area contributed by atoms with Gasteiger partial charge >= 0.3 is 6.09 Å². The van der Waals surface area contributed by atoms with E-state index in [9.17, 15) is 4.79 Å². The van der Waals surface area contributed by atoms with Crippen molar-refractivity contribution in [3.8, 4) is 0 Å². The van der Waals surface area contributed by atoms with Gasteiger partial charge in [-0.2, -0.15) is 10.1 Å². The molecule has 2 unspecified atom stereocenters. The Morgan fingerprint density at radius 2 is 1.61 bits per heavy atom. The first-order valence-electron chi connectivity index (χ1n) is 11.0. The van der Waals surface area contributed by atoms with Gasteiger partial charge in [-0.05, 0) is 26.2 Å². The van der Waals surface area contributed by atoms with E-state index in [1.807, 2.05) is 67.6 Å². The number of amides is 1. The number of fused-ring (bicyclic) bond motifs is 5. The van der Waals surface area contributed by atoms with E-state index in [2.05, 4.69) is 12.2 Å². The van der Waals surface area contributed by atoms with Crippen molar-refractivity contribution >= 4 is 29.6 Å². The summed E-state index contributed by atoms with van der Waals surface area (Å²) in [5.74, 6) is 0.546. The number of benzene rings is 2. The van der Waals surface area contributed by atoms with E-state index in [4.69, 9.17) is 9.84 Å². The van der Waals surface area contributed by atoms with Crippen LogP contribution in [0.1, 0.15) is 20.3 Å². The van der Waals surface area contributed by atoms with E-state index >= 15 is 4.57 Å². The first kappa shape index (κ1) is 20.3. The van der Waals surface area contributed by atoms with Crippen LogP contribution in [0.2, 0.25) is 0 Å². The molecule has 0 aromatic heterocycles. The highest BCUT2D eigenvalue weighted by Crippen LogP contribution is 2.61. The molecule has 5 atom stereocenters. The Morgan fingerprint density at radius 3 is 2.19 bits per heavy atom. The minimum Gasteiger partial charge on any atom is -0.448 e. The van der Waals surface area contributed by atoms with Gasteiger partial charge in [0.05, 0.1) is 18.3 Å². The molecule has 1 fully saturated rings. The molecule has 0 N–H and O–H groups in total. The third-order valence-electron chi connectivity index (χ3n) is 6.94. The van der Waals surface area contributed by atoms with Crippen LogP contribution in [0.25, 0.3) is 0 Å². The van der Waals surface area contributed by atoms with Crippen molar-refractivity contribution in [1.82, 2.24) is 5.01 Å². The van der Waals surface area contributed by atoms with Gasteiger partial charge in [-0.15, -0.1) is 0 Å². The number of rotatable bonds is 4. The lowest BCUT2D eigenvalue weighted by molar-refractivity contribution is 0.0686. The molecule has 160 valence electrons. The Hall–Kier alpha value is -2.65. The van der Waals surface area contributed by atoms with Gasteiger partial charge in [0.15, 0.2) is 7.14 Å². The zero-order chi connectivity index (χ0) is 21.6. The molecule has 1 aliphatic heterocycles. The normalized spacial score (nSPS) is 28.9. The largest absolute Gasteiger partial charge is 0.448 e. The van der Waals surface area contributed by atoms with Crippen molar-refractivity contribution in [2.75, 3.05) is 6.61 Å². The number of ether oxygens (including phenoxy) is 1. The van der Waals surface area contributed by atoms with Crippen molar-refractivity contribution in [2.45, 2.75) is 32.0 Å².